The Kier molecular flexibility index (Phi) is 5.04. The molecule has 2 rings (SSSR count). The van der Waals surface area contributed by atoms with Crippen molar-refractivity contribution in [1.29, 1.82) is 0 Å². The van der Waals surface area contributed by atoms with Crippen LogP contribution in [0.3, 0.4) is 0 Å². The lowest BCUT2D eigenvalue weighted by Gasteiger charge is -2.16. The van der Waals surface area contributed by atoms with Gasteiger partial charge in [-0.3, -0.25) is 0 Å². The van der Waals surface area contributed by atoms with Crippen molar-refractivity contribution in [3.05, 3.63) is 42.5 Å². The number of methoxy groups -OCH3 is 1. The highest BCUT2D eigenvalue weighted by Gasteiger charge is 2.23. The van der Waals surface area contributed by atoms with Crippen LogP contribution in [0.4, 0.5) is 4.79 Å². The molecule has 1 heterocycles. The zero-order valence-corrected chi connectivity index (χ0v) is 12.0. The summed E-state index contributed by atoms with van der Waals surface area (Å²) < 4.78 is 5.18. The SMILES string of the molecule is C=C[C@@H]1CCN(C(=O)NCCc2cccc(OC)c2)C1. The molecule has 0 bridgehead atoms. The number of hydrogen-bond acceptors (Lipinski definition) is 2. The van der Waals surface area contributed by atoms with Crippen molar-refractivity contribution in [1.82, 2.24) is 10.2 Å². The molecule has 0 aliphatic carbocycles. The van der Waals surface area contributed by atoms with Crippen molar-refractivity contribution >= 4 is 6.03 Å². The van der Waals surface area contributed by atoms with Gasteiger partial charge < -0.3 is 15.0 Å². The summed E-state index contributed by atoms with van der Waals surface area (Å²) in [5.74, 6) is 1.29. The number of benzene rings is 1. The van der Waals surface area contributed by atoms with Crippen molar-refractivity contribution in [2.24, 2.45) is 5.92 Å². The third-order valence-electron chi connectivity index (χ3n) is 3.67. The summed E-state index contributed by atoms with van der Waals surface area (Å²) in [6, 6.07) is 7.94. The summed E-state index contributed by atoms with van der Waals surface area (Å²) in [5.41, 5.74) is 1.16. The van der Waals surface area contributed by atoms with E-state index in [-0.39, 0.29) is 6.03 Å². The molecule has 108 valence electrons. The van der Waals surface area contributed by atoms with Crippen LogP contribution in [0.5, 0.6) is 5.75 Å². The van der Waals surface area contributed by atoms with Gasteiger partial charge in [-0.25, -0.2) is 4.79 Å². The topological polar surface area (TPSA) is 41.6 Å². The second kappa shape index (κ2) is 6.98. The van der Waals surface area contributed by atoms with Gasteiger partial charge in [0.2, 0.25) is 0 Å². The first-order valence-electron chi connectivity index (χ1n) is 7.01. The molecule has 0 aromatic heterocycles. The van der Waals surface area contributed by atoms with E-state index in [1.807, 2.05) is 35.2 Å². The van der Waals surface area contributed by atoms with E-state index in [1.54, 1.807) is 7.11 Å². The summed E-state index contributed by atoms with van der Waals surface area (Å²) >= 11 is 0. The van der Waals surface area contributed by atoms with Crippen LogP contribution >= 0.6 is 0 Å². The number of nitrogens with zero attached hydrogens (tertiary/aromatic N) is 1. The number of carbonyl (C=O) groups is 1. The van der Waals surface area contributed by atoms with Crippen LogP contribution in [0.1, 0.15) is 12.0 Å². The minimum atomic E-state index is 0.0252. The fraction of sp³-hybridized carbons (Fsp3) is 0.438. The molecule has 1 aliphatic rings. The Hall–Kier alpha value is -1.97. The number of rotatable bonds is 5. The average molecular weight is 274 g/mol. The zero-order valence-electron chi connectivity index (χ0n) is 12.0. The van der Waals surface area contributed by atoms with Crippen LogP contribution in [0.2, 0.25) is 0 Å². The van der Waals surface area contributed by atoms with Crippen molar-refractivity contribution in [3.8, 4) is 5.75 Å². The molecule has 1 aliphatic heterocycles. The molecule has 4 heteroatoms. The Morgan fingerprint density at radius 2 is 2.45 bits per heavy atom. The van der Waals surface area contributed by atoms with Crippen LogP contribution in [0, 0.1) is 5.92 Å². The van der Waals surface area contributed by atoms with E-state index in [2.05, 4.69) is 11.9 Å². The molecule has 0 spiro atoms. The summed E-state index contributed by atoms with van der Waals surface area (Å²) in [5, 5.41) is 2.97. The molecule has 1 fully saturated rings. The molecule has 2 amide bonds. The maximum Gasteiger partial charge on any atom is 0.317 e. The van der Waals surface area contributed by atoms with Gasteiger partial charge in [-0.15, -0.1) is 6.58 Å². The van der Waals surface area contributed by atoms with Crippen molar-refractivity contribution in [2.45, 2.75) is 12.8 Å². The second-order valence-electron chi connectivity index (χ2n) is 5.06. The summed E-state index contributed by atoms with van der Waals surface area (Å²) in [6.07, 6.45) is 3.76. The number of urea groups is 1. The van der Waals surface area contributed by atoms with Crippen LogP contribution in [0.25, 0.3) is 0 Å². The van der Waals surface area contributed by atoms with Gasteiger partial charge in [-0.05, 0) is 36.5 Å². The van der Waals surface area contributed by atoms with Gasteiger partial charge in [-0.2, -0.15) is 0 Å². The third-order valence-corrected chi connectivity index (χ3v) is 3.67. The summed E-state index contributed by atoms with van der Waals surface area (Å²) in [4.78, 5) is 13.8. The van der Waals surface area contributed by atoms with Crippen molar-refractivity contribution in [3.63, 3.8) is 0 Å². The molecule has 1 aromatic rings. The van der Waals surface area contributed by atoms with E-state index in [1.165, 1.54) is 0 Å². The molecule has 1 saturated heterocycles. The molecule has 1 N–H and O–H groups in total. The van der Waals surface area contributed by atoms with E-state index in [4.69, 9.17) is 4.74 Å². The minimum Gasteiger partial charge on any atom is -0.497 e. The maximum absolute atomic E-state index is 12.0. The Labute approximate surface area is 120 Å². The predicted octanol–water partition coefficient (Wildman–Crippen LogP) is 2.46. The average Bonchev–Trinajstić information content (AvgIpc) is 2.96. The normalized spacial score (nSPS) is 17.9. The van der Waals surface area contributed by atoms with E-state index < -0.39 is 0 Å². The number of amides is 2. The maximum atomic E-state index is 12.0. The number of hydrogen-bond donors (Lipinski definition) is 1. The number of likely N-dealkylation sites (tertiary alicyclic amines) is 1. The van der Waals surface area contributed by atoms with Crippen LogP contribution in [-0.4, -0.2) is 37.7 Å². The summed E-state index contributed by atoms with van der Waals surface area (Å²) in [7, 11) is 1.66. The molecular formula is C16H22N2O2. The van der Waals surface area contributed by atoms with Gasteiger partial charge in [0.15, 0.2) is 0 Å². The van der Waals surface area contributed by atoms with Gasteiger partial charge in [-0.1, -0.05) is 18.2 Å². The predicted molar refractivity (Wildman–Crippen MR) is 80.0 cm³/mol. The highest BCUT2D eigenvalue weighted by Crippen LogP contribution is 2.16. The fourth-order valence-electron chi connectivity index (χ4n) is 2.42. The van der Waals surface area contributed by atoms with E-state index in [0.717, 1.165) is 37.2 Å². The smallest absolute Gasteiger partial charge is 0.317 e. The van der Waals surface area contributed by atoms with Crippen molar-refractivity contribution in [2.75, 3.05) is 26.7 Å². The molecule has 4 nitrogen and oxygen atoms in total. The van der Waals surface area contributed by atoms with Gasteiger partial charge in [0.1, 0.15) is 5.75 Å². The minimum absolute atomic E-state index is 0.0252. The van der Waals surface area contributed by atoms with Gasteiger partial charge in [0, 0.05) is 19.6 Å². The van der Waals surface area contributed by atoms with Crippen LogP contribution < -0.4 is 10.1 Å². The lowest BCUT2D eigenvalue weighted by molar-refractivity contribution is 0.208. The Morgan fingerprint density at radius 1 is 1.60 bits per heavy atom. The molecule has 1 atom stereocenters. The first kappa shape index (κ1) is 14.4. The lowest BCUT2D eigenvalue weighted by atomic mass is 10.1. The lowest BCUT2D eigenvalue weighted by Crippen LogP contribution is -2.39. The first-order chi connectivity index (χ1) is 9.72. The second-order valence-corrected chi connectivity index (χ2v) is 5.06. The fourth-order valence-corrected chi connectivity index (χ4v) is 2.42. The number of carbonyl (C=O) groups excluding carboxylic acids is 1. The van der Waals surface area contributed by atoms with Crippen LogP contribution in [-0.2, 0) is 6.42 Å². The van der Waals surface area contributed by atoms with Gasteiger partial charge in [0.25, 0.3) is 0 Å². The van der Waals surface area contributed by atoms with Gasteiger partial charge in [0.05, 0.1) is 7.11 Å². The largest absolute Gasteiger partial charge is 0.497 e. The highest BCUT2D eigenvalue weighted by atomic mass is 16.5. The van der Waals surface area contributed by atoms with E-state index >= 15 is 0 Å². The number of ether oxygens (including phenoxy) is 1. The Morgan fingerprint density at radius 3 is 3.15 bits per heavy atom. The molecule has 0 unspecified atom stereocenters. The van der Waals surface area contributed by atoms with E-state index in [9.17, 15) is 4.79 Å². The standard InChI is InChI=1S/C16H22N2O2/c1-3-13-8-10-18(12-13)16(19)17-9-7-14-5-4-6-15(11-14)20-2/h3-6,11,13H,1,7-10,12H2,2H3,(H,17,19)/t13-/m1/s1. The first-order valence-corrected chi connectivity index (χ1v) is 7.01. The highest BCUT2D eigenvalue weighted by molar-refractivity contribution is 5.74. The monoisotopic (exact) mass is 274 g/mol. The Balaban J connectivity index is 1.75. The molecular weight excluding hydrogens is 252 g/mol. The quantitative estimate of drug-likeness (QED) is 0.838. The Bertz CT molecular complexity index is 473. The van der Waals surface area contributed by atoms with Gasteiger partial charge >= 0.3 is 6.03 Å². The zero-order chi connectivity index (χ0) is 14.4. The molecule has 0 radical (unpaired) electrons. The third kappa shape index (κ3) is 3.76. The molecule has 1 aromatic carbocycles. The van der Waals surface area contributed by atoms with E-state index in [0.29, 0.717) is 12.5 Å². The summed E-state index contributed by atoms with van der Waals surface area (Å²) in [6.45, 7) is 6.03. The molecule has 0 saturated carbocycles. The van der Waals surface area contributed by atoms with Crippen LogP contribution in [0.15, 0.2) is 36.9 Å². The number of nitrogens with one attached hydrogen (secondary N) is 1. The van der Waals surface area contributed by atoms with Crippen molar-refractivity contribution < 1.29 is 9.53 Å². The molecule has 20 heavy (non-hydrogen) atoms.